The third kappa shape index (κ3) is 2.82. The van der Waals surface area contributed by atoms with Crippen LogP contribution in [0.1, 0.15) is 22.8 Å². The molecule has 2 aliphatic rings. The first-order valence-corrected chi connectivity index (χ1v) is 8.48. The molecule has 0 saturated carbocycles. The molecule has 0 unspecified atom stereocenters. The molecule has 0 radical (unpaired) electrons. The van der Waals surface area contributed by atoms with Gasteiger partial charge in [0.15, 0.2) is 6.61 Å². The Balaban J connectivity index is 1.54. The summed E-state index contributed by atoms with van der Waals surface area (Å²) in [7, 11) is 0. The fourth-order valence-electron chi connectivity index (χ4n) is 3.09. The number of benzene rings is 2. The first-order valence-electron chi connectivity index (χ1n) is 8.48. The van der Waals surface area contributed by atoms with E-state index in [9.17, 15) is 19.2 Å². The highest BCUT2D eigenvalue weighted by molar-refractivity contribution is 6.09. The summed E-state index contributed by atoms with van der Waals surface area (Å²) in [5.41, 5.74) is 2.26. The van der Waals surface area contributed by atoms with Crippen LogP contribution < -0.4 is 20.8 Å². The molecule has 4 rings (SSSR count). The van der Waals surface area contributed by atoms with E-state index in [-0.39, 0.29) is 18.1 Å². The third-order valence-electron chi connectivity index (χ3n) is 4.63. The lowest BCUT2D eigenvalue weighted by Crippen LogP contribution is -2.47. The van der Waals surface area contributed by atoms with Gasteiger partial charge in [-0.2, -0.15) is 5.01 Å². The Morgan fingerprint density at radius 3 is 2.64 bits per heavy atom. The van der Waals surface area contributed by atoms with E-state index in [4.69, 9.17) is 4.74 Å². The van der Waals surface area contributed by atoms with E-state index in [1.807, 2.05) is 0 Å². The molecule has 2 heterocycles. The molecule has 1 fully saturated rings. The summed E-state index contributed by atoms with van der Waals surface area (Å²) < 4.78 is 5.28. The second-order valence-corrected chi connectivity index (χ2v) is 6.55. The van der Waals surface area contributed by atoms with Gasteiger partial charge in [-0.05, 0) is 30.7 Å². The number of anilines is 1. The van der Waals surface area contributed by atoms with Crippen molar-refractivity contribution < 1.29 is 23.9 Å². The molecule has 0 aliphatic carbocycles. The van der Waals surface area contributed by atoms with E-state index in [1.165, 1.54) is 18.2 Å². The number of urea groups is 1. The Bertz CT molecular complexity index is 1010. The maximum Gasteiger partial charge on any atom is 0.344 e. The maximum absolute atomic E-state index is 12.8. The van der Waals surface area contributed by atoms with Gasteiger partial charge in [0.2, 0.25) is 0 Å². The van der Waals surface area contributed by atoms with Crippen LogP contribution in [0.15, 0.2) is 48.5 Å². The molecule has 2 aromatic rings. The van der Waals surface area contributed by atoms with Crippen LogP contribution in [0.4, 0.5) is 10.5 Å². The van der Waals surface area contributed by atoms with Crippen molar-refractivity contribution in [3.05, 3.63) is 59.7 Å². The van der Waals surface area contributed by atoms with Crippen molar-refractivity contribution >= 4 is 29.4 Å². The molecule has 0 aromatic heterocycles. The van der Waals surface area contributed by atoms with Crippen LogP contribution in [-0.4, -0.2) is 35.4 Å². The third-order valence-corrected chi connectivity index (χ3v) is 4.63. The second-order valence-electron chi connectivity index (χ2n) is 6.55. The Morgan fingerprint density at radius 2 is 1.89 bits per heavy atom. The standard InChI is InChI=1S/C19H16N4O5/c1-19(12-5-3-2-4-6-12)17(26)23(18(27)21-19)22-16(25)11-7-8-13-14(9-11)28-10-15(24)20-13/h2-9H,10H2,1H3,(H,20,24)(H,21,27)(H,22,25)/t19-/m0/s1. The number of imide groups is 1. The molecule has 5 amide bonds. The summed E-state index contributed by atoms with van der Waals surface area (Å²) in [4.78, 5) is 49.0. The molecule has 28 heavy (non-hydrogen) atoms. The first-order chi connectivity index (χ1) is 13.4. The summed E-state index contributed by atoms with van der Waals surface area (Å²) in [6.07, 6.45) is 0. The molecular formula is C19H16N4O5. The Labute approximate surface area is 159 Å². The van der Waals surface area contributed by atoms with Crippen molar-refractivity contribution in [2.45, 2.75) is 12.5 Å². The quantitative estimate of drug-likeness (QED) is 0.690. The molecule has 1 saturated heterocycles. The van der Waals surface area contributed by atoms with Crippen molar-refractivity contribution in [1.82, 2.24) is 15.8 Å². The van der Waals surface area contributed by atoms with Gasteiger partial charge < -0.3 is 15.4 Å². The minimum Gasteiger partial charge on any atom is -0.482 e. The van der Waals surface area contributed by atoms with E-state index in [2.05, 4.69) is 16.1 Å². The Kier molecular flexibility index (Phi) is 3.99. The number of carbonyl (C=O) groups is 4. The Morgan fingerprint density at radius 1 is 1.14 bits per heavy atom. The average molecular weight is 380 g/mol. The van der Waals surface area contributed by atoms with Gasteiger partial charge in [-0.25, -0.2) is 4.79 Å². The van der Waals surface area contributed by atoms with Gasteiger partial charge in [-0.1, -0.05) is 30.3 Å². The predicted molar refractivity (Wildman–Crippen MR) is 97.2 cm³/mol. The number of hydrogen-bond acceptors (Lipinski definition) is 5. The molecule has 0 spiro atoms. The van der Waals surface area contributed by atoms with E-state index in [1.54, 1.807) is 37.3 Å². The fraction of sp³-hybridized carbons (Fsp3) is 0.158. The monoisotopic (exact) mass is 380 g/mol. The van der Waals surface area contributed by atoms with Gasteiger partial charge in [0.25, 0.3) is 17.7 Å². The van der Waals surface area contributed by atoms with Crippen molar-refractivity contribution in [1.29, 1.82) is 0 Å². The SMILES string of the molecule is C[C@@]1(c2ccccc2)NC(=O)N(NC(=O)c2ccc3c(c2)OCC(=O)N3)C1=O. The smallest absolute Gasteiger partial charge is 0.344 e. The predicted octanol–water partition coefficient (Wildman–Crippen LogP) is 1.13. The summed E-state index contributed by atoms with van der Waals surface area (Å²) in [5.74, 6) is -1.22. The second kappa shape index (κ2) is 6.38. The minimum absolute atomic E-state index is 0.152. The zero-order valence-electron chi connectivity index (χ0n) is 14.8. The number of nitrogens with one attached hydrogen (secondary N) is 3. The number of ether oxygens (including phenoxy) is 1. The van der Waals surface area contributed by atoms with Crippen LogP contribution in [0.3, 0.4) is 0 Å². The molecule has 2 aliphatic heterocycles. The van der Waals surface area contributed by atoms with Gasteiger partial charge in [0.1, 0.15) is 11.3 Å². The van der Waals surface area contributed by atoms with Crippen LogP contribution >= 0.6 is 0 Å². The average Bonchev–Trinajstić information content (AvgIpc) is 2.92. The van der Waals surface area contributed by atoms with Crippen molar-refractivity contribution in [2.75, 3.05) is 11.9 Å². The number of rotatable bonds is 3. The fourth-order valence-corrected chi connectivity index (χ4v) is 3.09. The van der Waals surface area contributed by atoms with Crippen molar-refractivity contribution in [3.8, 4) is 5.75 Å². The summed E-state index contributed by atoms with van der Waals surface area (Å²) >= 11 is 0. The normalized spacial score (nSPS) is 20.8. The topological polar surface area (TPSA) is 117 Å². The molecule has 1 atom stereocenters. The first kappa shape index (κ1) is 17.5. The Hall–Kier alpha value is -3.88. The van der Waals surface area contributed by atoms with Gasteiger partial charge in [-0.15, -0.1) is 0 Å². The number of amides is 5. The van der Waals surface area contributed by atoms with E-state index in [0.717, 1.165) is 0 Å². The molecule has 3 N–H and O–H groups in total. The van der Waals surface area contributed by atoms with Crippen LogP contribution in [0.25, 0.3) is 0 Å². The molecule has 2 aromatic carbocycles. The molecule has 142 valence electrons. The minimum atomic E-state index is -1.28. The summed E-state index contributed by atoms with van der Waals surface area (Å²) in [6, 6.07) is 12.4. The molecular weight excluding hydrogens is 364 g/mol. The molecule has 0 bridgehead atoms. The molecule has 9 heteroatoms. The van der Waals surface area contributed by atoms with Gasteiger partial charge >= 0.3 is 6.03 Å². The van der Waals surface area contributed by atoms with Crippen LogP contribution in [0, 0.1) is 0 Å². The van der Waals surface area contributed by atoms with E-state index >= 15 is 0 Å². The zero-order chi connectivity index (χ0) is 19.9. The lowest BCUT2D eigenvalue weighted by atomic mass is 9.92. The summed E-state index contributed by atoms with van der Waals surface area (Å²) in [6.45, 7) is 1.42. The molecule has 9 nitrogen and oxygen atoms in total. The highest BCUT2D eigenvalue weighted by atomic mass is 16.5. The lowest BCUT2D eigenvalue weighted by molar-refractivity contribution is -0.132. The van der Waals surface area contributed by atoms with Gasteiger partial charge in [-0.3, -0.25) is 19.8 Å². The number of hydrogen-bond donors (Lipinski definition) is 3. The van der Waals surface area contributed by atoms with Crippen molar-refractivity contribution in [2.24, 2.45) is 0 Å². The number of fused-ring (bicyclic) bond motifs is 1. The van der Waals surface area contributed by atoms with E-state index < -0.39 is 23.4 Å². The zero-order valence-corrected chi connectivity index (χ0v) is 14.8. The highest BCUT2D eigenvalue weighted by Crippen LogP contribution is 2.30. The maximum atomic E-state index is 12.8. The highest BCUT2D eigenvalue weighted by Gasteiger charge is 2.50. The number of hydrazine groups is 1. The number of nitrogens with zero attached hydrogens (tertiary/aromatic N) is 1. The van der Waals surface area contributed by atoms with Crippen LogP contribution in [0.5, 0.6) is 5.75 Å². The van der Waals surface area contributed by atoms with Gasteiger partial charge in [0, 0.05) is 5.56 Å². The lowest BCUT2D eigenvalue weighted by Gasteiger charge is -2.22. The summed E-state index contributed by atoms with van der Waals surface area (Å²) in [5, 5.41) is 5.89. The van der Waals surface area contributed by atoms with Crippen LogP contribution in [0.2, 0.25) is 0 Å². The van der Waals surface area contributed by atoms with Crippen LogP contribution in [-0.2, 0) is 15.1 Å². The van der Waals surface area contributed by atoms with E-state index in [0.29, 0.717) is 22.0 Å². The van der Waals surface area contributed by atoms with Gasteiger partial charge in [0.05, 0.1) is 5.69 Å². The van der Waals surface area contributed by atoms with Crippen molar-refractivity contribution in [3.63, 3.8) is 0 Å². The largest absolute Gasteiger partial charge is 0.482 e. The number of carbonyl (C=O) groups excluding carboxylic acids is 4.